The summed E-state index contributed by atoms with van der Waals surface area (Å²) >= 11 is 0. The second-order valence-corrected chi connectivity index (χ2v) is 14.2. The normalized spacial score (nSPS) is 28.4. The number of halogens is 3. The molecule has 5 rings (SSSR count). The fourth-order valence-corrected chi connectivity index (χ4v) is 6.70. The lowest BCUT2D eigenvalue weighted by molar-refractivity contribution is -0.145. The van der Waals surface area contributed by atoms with Gasteiger partial charge >= 0.3 is 24.3 Å². The first kappa shape index (κ1) is 36.0. The second-order valence-electron chi connectivity index (χ2n) is 14.2. The minimum atomic E-state index is -4.49. The van der Waals surface area contributed by atoms with Crippen LogP contribution in [-0.2, 0) is 43.0 Å². The smallest absolute Gasteiger partial charge is 0.416 e. The van der Waals surface area contributed by atoms with Crippen LogP contribution in [0.1, 0.15) is 82.4 Å². The van der Waals surface area contributed by atoms with Crippen LogP contribution in [0.3, 0.4) is 0 Å². The van der Waals surface area contributed by atoms with Crippen molar-refractivity contribution in [1.29, 1.82) is 0 Å². The Bertz CT molecular complexity index is 1510. The van der Waals surface area contributed by atoms with E-state index < -0.39 is 77.0 Å². The van der Waals surface area contributed by atoms with Gasteiger partial charge in [-0.2, -0.15) is 13.2 Å². The minimum absolute atomic E-state index is 0.0174. The Hall–Kier alpha value is -4.30. The number of carbonyl (C=O) groups excluding carboxylic acids is 4. The number of nitrogens with zero attached hydrogens (tertiary/aromatic N) is 2. The van der Waals surface area contributed by atoms with E-state index >= 15 is 0 Å². The van der Waals surface area contributed by atoms with Crippen LogP contribution in [0.25, 0.3) is 0 Å². The van der Waals surface area contributed by atoms with Gasteiger partial charge in [0.25, 0.3) is 0 Å². The van der Waals surface area contributed by atoms with Gasteiger partial charge in [-0.1, -0.05) is 31.1 Å². The molecule has 1 saturated carbocycles. The summed E-state index contributed by atoms with van der Waals surface area (Å²) in [5, 5.41) is 15.3. The number of rotatable bonds is 3. The molecule has 0 unspecified atom stereocenters. The van der Waals surface area contributed by atoms with Crippen molar-refractivity contribution in [3.8, 4) is 0 Å². The lowest BCUT2D eigenvalue weighted by atomic mass is 9.97. The van der Waals surface area contributed by atoms with Crippen LogP contribution in [0, 0.1) is 5.92 Å². The highest BCUT2D eigenvalue weighted by molar-refractivity contribution is 5.96. The average molecular weight is 693 g/mol. The number of alkyl halides is 3. The maximum atomic E-state index is 14.1. The summed E-state index contributed by atoms with van der Waals surface area (Å²) in [5.41, 5.74) is -2.10. The zero-order valence-corrected chi connectivity index (χ0v) is 27.8. The highest BCUT2D eigenvalue weighted by Gasteiger charge is 2.61. The van der Waals surface area contributed by atoms with Crippen LogP contribution < -0.4 is 10.6 Å². The van der Waals surface area contributed by atoms with Crippen LogP contribution in [0.15, 0.2) is 30.4 Å². The number of benzene rings is 1. The van der Waals surface area contributed by atoms with E-state index in [1.54, 1.807) is 26.8 Å². The number of nitrogens with one attached hydrogen (secondary N) is 2. The van der Waals surface area contributed by atoms with Gasteiger partial charge in [0.15, 0.2) is 0 Å². The summed E-state index contributed by atoms with van der Waals surface area (Å²) < 4.78 is 50.7. The third-order valence-electron chi connectivity index (χ3n) is 9.38. The molecular weight excluding hydrogens is 649 g/mol. The van der Waals surface area contributed by atoms with Crippen molar-refractivity contribution in [1.82, 2.24) is 20.4 Å². The highest BCUT2D eigenvalue weighted by atomic mass is 19.4. The van der Waals surface area contributed by atoms with Crippen LogP contribution in [0.4, 0.5) is 22.8 Å². The van der Waals surface area contributed by atoms with E-state index in [9.17, 15) is 42.3 Å². The minimum Gasteiger partial charge on any atom is -0.479 e. The summed E-state index contributed by atoms with van der Waals surface area (Å²) in [6, 6.07) is 1.11. The number of hydrogen-bond donors (Lipinski definition) is 3. The number of amides is 4. The molecular formula is C34H43F3N4O8. The molecule has 1 aromatic carbocycles. The van der Waals surface area contributed by atoms with E-state index in [-0.39, 0.29) is 45.3 Å². The van der Waals surface area contributed by atoms with Crippen LogP contribution in [-0.4, -0.2) is 87.3 Å². The molecule has 3 aliphatic heterocycles. The van der Waals surface area contributed by atoms with Crippen molar-refractivity contribution < 1.29 is 51.7 Å². The molecule has 1 aliphatic carbocycles. The lowest BCUT2D eigenvalue weighted by Crippen LogP contribution is -2.56. The Morgan fingerprint density at radius 2 is 1.84 bits per heavy atom. The first-order valence-corrected chi connectivity index (χ1v) is 16.6. The molecule has 2 fully saturated rings. The molecule has 268 valence electrons. The fourth-order valence-electron chi connectivity index (χ4n) is 6.70. The van der Waals surface area contributed by atoms with E-state index in [0.717, 1.165) is 25.0 Å². The largest absolute Gasteiger partial charge is 0.479 e. The van der Waals surface area contributed by atoms with E-state index in [0.29, 0.717) is 24.0 Å². The number of alkyl carbamates (subject to hydrolysis) is 1. The van der Waals surface area contributed by atoms with E-state index in [1.807, 2.05) is 6.08 Å². The van der Waals surface area contributed by atoms with Crippen molar-refractivity contribution in [2.24, 2.45) is 5.92 Å². The third kappa shape index (κ3) is 8.47. The molecule has 0 radical (unpaired) electrons. The van der Waals surface area contributed by atoms with Crippen LogP contribution in [0.5, 0.6) is 0 Å². The lowest BCUT2D eigenvalue weighted by Gasteiger charge is -2.30. The Balaban J connectivity index is 1.35. The number of carboxylic acids is 1. The van der Waals surface area contributed by atoms with Gasteiger partial charge in [0.1, 0.15) is 29.3 Å². The summed E-state index contributed by atoms with van der Waals surface area (Å²) in [4.78, 5) is 68.8. The van der Waals surface area contributed by atoms with Crippen molar-refractivity contribution in [2.45, 2.75) is 114 Å². The Morgan fingerprint density at radius 3 is 2.53 bits per heavy atom. The number of aliphatic carboxylic acids is 1. The average Bonchev–Trinajstić information content (AvgIpc) is 3.55. The zero-order valence-electron chi connectivity index (χ0n) is 27.8. The molecule has 3 heterocycles. The zero-order chi connectivity index (χ0) is 35.7. The van der Waals surface area contributed by atoms with Gasteiger partial charge in [0, 0.05) is 25.4 Å². The first-order valence-electron chi connectivity index (χ1n) is 16.6. The maximum absolute atomic E-state index is 14.1. The Labute approximate surface area is 282 Å². The molecule has 5 atom stereocenters. The molecule has 15 heteroatoms. The van der Waals surface area contributed by atoms with Crippen molar-refractivity contribution >= 4 is 30.0 Å². The number of carbonyl (C=O) groups is 5. The Kier molecular flexibility index (Phi) is 10.2. The van der Waals surface area contributed by atoms with Gasteiger partial charge in [-0.3, -0.25) is 9.59 Å². The van der Waals surface area contributed by atoms with Crippen molar-refractivity contribution in [3.05, 3.63) is 47.0 Å². The summed E-state index contributed by atoms with van der Waals surface area (Å²) in [7, 11) is 0. The number of hydrogen-bond acceptors (Lipinski definition) is 7. The van der Waals surface area contributed by atoms with E-state index in [2.05, 4.69) is 10.6 Å². The molecule has 1 saturated heterocycles. The fraction of sp³-hybridized carbons (Fsp3) is 0.618. The molecule has 49 heavy (non-hydrogen) atoms. The number of allylic oxidation sites excluding steroid dienone is 1. The van der Waals surface area contributed by atoms with Gasteiger partial charge in [0.05, 0.1) is 12.1 Å². The molecule has 4 aliphatic rings. The quantitative estimate of drug-likeness (QED) is 0.390. The summed E-state index contributed by atoms with van der Waals surface area (Å²) in [6.45, 7) is 4.97. The number of carboxylic acid groups (broad SMARTS) is 1. The molecule has 1 aromatic rings. The predicted molar refractivity (Wildman–Crippen MR) is 168 cm³/mol. The summed E-state index contributed by atoms with van der Waals surface area (Å²) in [6.07, 6.45) is -0.0593. The Morgan fingerprint density at radius 1 is 1.08 bits per heavy atom. The SMILES string of the molecule is CC(C)(C)OC(=O)N[C@H]1CCCCC/C=C/[C@@H]2C[C@@]2(C(=O)O)NC(=O)[C@@H]2C[C@@H](OC(=O)N3CCc4cc(C(F)(F)F)ccc4C3)CN2C1=O. The number of fused-ring (bicyclic) bond motifs is 3. The predicted octanol–water partition coefficient (Wildman–Crippen LogP) is 4.54. The number of ether oxygens (including phenoxy) is 2. The van der Waals surface area contributed by atoms with Crippen molar-refractivity contribution in [3.63, 3.8) is 0 Å². The standard InChI is InChI=1S/C34H43F3N4O8/c1-32(2,3)49-30(46)38-25-10-8-6-4-5-7-9-23-17-33(23,29(44)45)39-27(42)26-16-24(19-41(26)28(25)43)48-31(47)40-14-13-20-15-22(34(35,36)37)12-11-21(20)18-40/h7,9,11-12,15,23-26H,4-6,8,10,13-14,16-19H2,1-3H3,(H,38,46)(H,39,42)(H,44,45)/b9-7+/t23-,24-,25+,26+,33-/m1/s1. The molecule has 12 nitrogen and oxygen atoms in total. The first-order chi connectivity index (χ1) is 23.0. The summed E-state index contributed by atoms with van der Waals surface area (Å²) in [5.74, 6) is -2.94. The maximum Gasteiger partial charge on any atom is 0.416 e. The van der Waals surface area contributed by atoms with Gasteiger partial charge in [-0.05, 0) is 76.1 Å². The molecule has 0 aromatic heterocycles. The van der Waals surface area contributed by atoms with E-state index in [1.165, 1.54) is 15.9 Å². The van der Waals surface area contributed by atoms with Crippen LogP contribution in [0.2, 0.25) is 0 Å². The second kappa shape index (κ2) is 13.9. The van der Waals surface area contributed by atoms with Gasteiger partial charge in [-0.15, -0.1) is 0 Å². The monoisotopic (exact) mass is 692 g/mol. The van der Waals surface area contributed by atoms with Gasteiger partial charge in [-0.25, -0.2) is 14.4 Å². The molecule has 0 spiro atoms. The molecule has 0 bridgehead atoms. The topological polar surface area (TPSA) is 155 Å². The van der Waals surface area contributed by atoms with Crippen LogP contribution >= 0.6 is 0 Å². The highest BCUT2D eigenvalue weighted by Crippen LogP contribution is 2.45. The molecule has 4 amide bonds. The van der Waals surface area contributed by atoms with E-state index in [4.69, 9.17) is 9.47 Å². The van der Waals surface area contributed by atoms with Gasteiger partial charge < -0.3 is 35.0 Å². The van der Waals surface area contributed by atoms with Crippen molar-refractivity contribution in [2.75, 3.05) is 13.1 Å². The third-order valence-corrected chi connectivity index (χ3v) is 9.38. The van der Waals surface area contributed by atoms with Gasteiger partial charge in [0.2, 0.25) is 11.8 Å². The molecule has 3 N–H and O–H groups in total.